The summed E-state index contributed by atoms with van der Waals surface area (Å²) in [6, 6.07) is 1.64. The van der Waals surface area contributed by atoms with E-state index >= 15 is 0 Å². The first-order valence-electron chi connectivity index (χ1n) is 5.45. The Morgan fingerprint density at radius 1 is 1.53 bits per heavy atom. The predicted molar refractivity (Wildman–Crippen MR) is 59.5 cm³/mol. The monoisotopic (exact) mass is 237 g/mol. The van der Waals surface area contributed by atoms with Crippen molar-refractivity contribution < 1.29 is 14.7 Å². The maximum Gasteiger partial charge on any atom is 0.311 e. The summed E-state index contributed by atoms with van der Waals surface area (Å²) in [6.45, 7) is 2.39. The average Bonchev–Trinajstić information content (AvgIpc) is 2.85. The second-order valence-corrected chi connectivity index (χ2v) is 4.72. The summed E-state index contributed by atoms with van der Waals surface area (Å²) in [5, 5.41) is 13.1. The van der Waals surface area contributed by atoms with Gasteiger partial charge in [-0.1, -0.05) is 0 Å². The number of nitrogens with zero attached hydrogens (tertiary/aromatic N) is 3. The number of likely N-dealkylation sites (tertiary alicyclic amines) is 1. The van der Waals surface area contributed by atoms with Crippen LogP contribution in [0.4, 0.5) is 0 Å². The van der Waals surface area contributed by atoms with E-state index in [1.54, 1.807) is 35.8 Å². The third-order valence-electron chi connectivity index (χ3n) is 3.21. The van der Waals surface area contributed by atoms with Crippen molar-refractivity contribution in [2.24, 2.45) is 12.5 Å². The van der Waals surface area contributed by atoms with Crippen LogP contribution in [0, 0.1) is 5.41 Å². The number of rotatable bonds is 2. The van der Waals surface area contributed by atoms with Crippen molar-refractivity contribution in [1.29, 1.82) is 0 Å². The summed E-state index contributed by atoms with van der Waals surface area (Å²) in [5.74, 6) is -1.05. The van der Waals surface area contributed by atoms with Gasteiger partial charge in [-0.25, -0.2) is 0 Å². The number of aromatic nitrogens is 2. The van der Waals surface area contributed by atoms with Crippen LogP contribution >= 0.6 is 0 Å². The Bertz CT molecular complexity index is 468. The van der Waals surface area contributed by atoms with Gasteiger partial charge >= 0.3 is 5.97 Å². The number of carbonyl (C=O) groups excluding carboxylic acids is 1. The lowest BCUT2D eigenvalue weighted by atomic mass is 9.90. The van der Waals surface area contributed by atoms with Crippen LogP contribution in [0.15, 0.2) is 12.3 Å². The molecule has 1 amide bonds. The third-order valence-corrected chi connectivity index (χ3v) is 3.21. The highest BCUT2D eigenvalue weighted by Gasteiger charge is 2.42. The van der Waals surface area contributed by atoms with Crippen LogP contribution in [0.25, 0.3) is 0 Å². The van der Waals surface area contributed by atoms with Crippen molar-refractivity contribution in [1.82, 2.24) is 14.7 Å². The summed E-state index contributed by atoms with van der Waals surface area (Å²) in [4.78, 5) is 24.7. The van der Waals surface area contributed by atoms with Gasteiger partial charge in [-0.3, -0.25) is 14.3 Å². The number of carboxylic acid groups (broad SMARTS) is 1. The molecule has 0 saturated carbocycles. The first-order valence-corrected chi connectivity index (χ1v) is 5.45. The zero-order valence-corrected chi connectivity index (χ0v) is 9.88. The number of hydrogen-bond donors (Lipinski definition) is 1. The minimum Gasteiger partial charge on any atom is -0.481 e. The molecule has 1 N–H and O–H groups in total. The zero-order chi connectivity index (χ0) is 12.6. The summed E-state index contributed by atoms with van der Waals surface area (Å²) in [5.41, 5.74) is -0.466. The smallest absolute Gasteiger partial charge is 0.311 e. The number of aliphatic carboxylic acids is 1. The molecular formula is C11H15N3O3. The maximum atomic E-state index is 12.0. The molecule has 1 atom stereocenters. The molecule has 1 aliphatic rings. The molecule has 1 saturated heterocycles. The highest BCUT2D eigenvalue weighted by atomic mass is 16.4. The van der Waals surface area contributed by atoms with Crippen LogP contribution in [-0.4, -0.2) is 44.8 Å². The average molecular weight is 237 g/mol. The minimum absolute atomic E-state index is 0.199. The Kier molecular flexibility index (Phi) is 2.65. The molecule has 0 aliphatic carbocycles. The number of amides is 1. The van der Waals surface area contributed by atoms with Gasteiger partial charge in [-0.15, -0.1) is 0 Å². The van der Waals surface area contributed by atoms with Crippen molar-refractivity contribution in [3.05, 3.63) is 18.0 Å². The number of aryl methyl sites for hydroxylation is 1. The van der Waals surface area contributed by atoms with Gasteiger partial charge in [0, 0.05) is 26.3 Å². The van der Waals surface area contributed by atoms with E-state index in [2.05, 4.69) is 5.10 Å². The third kappa shape index (κ3) is 2.02. The summed E-state index contributed by atoms with van der Waals surface area (Å²) < 4.78 is 1.56. The second-order valence-electron chi connectivity index (χ2n) is 4.72. The van der Waals surface area contributed by atoms with Gasteiger partial charge in [0.1, 0.15) is 5.69 Å². The highest BCUT2D eigenvalue weighted by Crippen LogP contribution is 2.30. The number of carboxylic acids is 1. The van der Waals surface area contributed by atoms with Crippen LogP contribution in [0.2, 0.25) is 0 Å². The fourth-order valence-corrected chi connectivity index (χ4v) is 2.00. The SMILES string of the molecule is Cn1ccc(C(=O)N2CCC(C)(C(=O)O)C2)n1. The van der Waals surface area contributed by atoms with E-state index in [0.717, 1.165) is 0 Å². The highest BCUT2D eigenvalue weighted by molar-refractivity contribution is 5.93. The molecule has 0 spiro atoms. The fourth-order valence-electron chi connectivity index (χ4n) is 2.00. The molecule has 6 nitrogen and oxygen atoms in total. The second kappa shape index (κ2) is 3.87. The molecule has 1 aromatic heterocycles. The molecule has 2 heterocycles. The molecular weight excluding hydrogens is 222 g/mol. The van der Waals surface area contributed by atoms with Crippen LogP contribution in [0.5, 0.6) is 0 Å². The van der Waals surface area contributed by atoms with Gasteiger partial charge in [0.05, 0.1) is 5.41 Å². The largest absolute Gasteiger partial charge is 0.481 e. The van der Waals surface area contributed by atoms with Gasteiger partial charge in [0.15, 0.2) is 0 Å². The van der Waals surface area contributed by atoms with Crippen LogP contribution < -0.4 is 0 Å². The van der Waals surface area contributed by atoms with Gasteiger partial charge in [0.25, 0.3) is 5.91 Å². The standard InChI is InChI=1S/C11H15N3O3/c1-11(10(16)17)4-6-14(7-11)9(15)8-3-5-13(2)12-8/h3,5H,4,6-7H2,1-2H3,(H,16,17). The molecule has 6 heteroatoms. The van der Waals surface area contributed by atoms with E-state index in [-0.39, 0.29) is 12.5 Å². The van der Waals surface area contributed by atoms with Crippen molar-refractivity contribution >= 4 is 11.9 Å². The first-order chi connectivity index (χ1) is 7.92. The first kappa shape index (κ1) is 11.6. The van der Waals surface area contributed by atoms with Gasteiger partial charge in [-0.2, -0.15) is 5.10 Å². The Labute approximate surface area is 98.8 Å². The summed E-state index contributed by atoms with van der Waals surface area (Å²) in [6.07, 6.45) is 2.18. The molecule has 1 aromatic rings. The Balaban J connectivity index is 2.11. The van der Waals surface area contributed by atoms with Crippen molar-refractivity contribution in [2.45, 2.75) is 13.3 Å². The molecule has 1 aliphatic heterocycles. The molecule has 92 valence electrons. The van der Waals surface area contributed by atoms with E-state index in [1.807, 2.05) is 0 Å². The Morgan fingerprint density at radius 3 is 2.71 bits per heavy atom. The molecule has 1 unspecified atom stereocenters. The molecule has 0 radical (unpaired) electrons. The predicted octanol–water partition coefficient (Wildman–Crippen LogP) is 0.357. The van der Waals surface area contributed by atoms with E-state index in [0.29, 0.717) is 18.7 Å². The van der Waals surface area contributed by atoms with Crippen LogP contribution in [-0.2, 0) is 11.8 Å². The maximum absolute atomic E-state index is 12.0. The Hall–Kier alpha value is -1.85. The van der Waals surface area contributed by atoms with Crippen LogP contribution in [0.3, 0.4) is 0 Å². The normalized spacial score (nSPS) is 24.0. The molecule has 17 heavy (non-hydrogen) atoms. The molecule has 2 rings (SSSR count). The lowest BCUT2D eigenvalue weighted by Crippen LogP contribution is -2.35. The number of carbonyl (C=O) groups is 2. The lowest BCUT2D eigenvalue weighted by molar-refractivity contribution is -0.147. The van der Waals surface area contributed by atoms with Gasteiger partial charge in [0.2, 0.25) is 0 Å². The van der Waals surface area contributed by atoms with Gasteiger partial charge in [-0.05, 0) is 19.4 Å². The van der Waals surface area contributed by atoms with Gasteiger partial charge < -0.3 is 10.0 Å². The minimum atomic E-state index is -0.853. The fraction of sp³-hybridized carbons (Fsp3) is 0.545. The van der Waals surface area contributed by atoms with Crippen molar-refractivity contribution in [3.8, 4) is 0 Å². The molecule has 0 bridgehead atoms. The summed E-state index contributed by atoms with van der Waals surface area (Å²) >= 11 is 0. The number of hydrogen-bond acceptors (Lipinski definition) is 3. The summed E-state index contributed by atoms with van der Waals surface area (Å²) in [7, 11) is 1.74. The zero-order valence-electron chi connectivity index (χ0n) is 9.88. The topological polar surface area (TPSA) is 75.4 Å². The van der Waals surface area contributed by atoms with E-state index in [4.69, 9.17) is 5.11 Å². The lowest BCUT2D eigenvalue weighted by Gasteiger charge is -2.19. The van der Waals surface area contributed by atoms with E-state index in [9.17, 15) is 9.59 Å². The van der Waals surface area contributed by atoms with E-state index < -0.39 is 11.4 Å². The molecule has 0 aromatic carbocycles. The van der Waals surface area contributed by atoms with E-state index in [1.165, 1.54) is 0 Å². The van der Waals surface area contributed by atoms with Crippen molar-refractivity contribution in [2.75, 3.05) is 13.1 Å². The Morgan fingerprint density at radius 2 is 2.24 bits per heavy atom. The quantitative estimate of drug-likeness (QED) is 0.805. The van der Waals surface area contributed by atoms with Crippen molar-refractivity contribution in [3.63, 3.8) is 0 Å². The van der Waals surface area contributed by atoms with Crippen LogP contribution in [0.1, 0.15) is 23.8 Å². The molecule has 1 fully saturated rings.